The molecular weight excluding hydrogens is 522 g/mol. The number of aryl methyl sites for hydroxylation is 1. The molecule has 0 aliphatic rings. The molecule has 0 bridgehead atoms. The van der Waals surface area contributed by atoms with E-state index in [1.54, 1.807) is 48.5 Å². The first-order chi connectivity index (χ1) is 18.1. The Morgan fingerprint density at radius 1 is 0.816 bits per heavy atom. The summed E-state index contributed by atoms with van der Waals surface area (Å²) in [6, 6.07) is 26.6. The number of benzene rings is 4. The smallest absolute Gasteiger partial charge is 0.263 e. The summed E-state index contributed by atoms with van der Waals surface area (Å²) in [4.78, 5) is 25.9. The van der Waals surface area contributed by atoms with Crippen molar-refractivity contribution in [3.63, 3.8) is 0 Å². The van der Waals surface area contributed by atoms with E-state index in [1.807, 2.05) is 44.2 Å². The topological polar surface area (TPSA) is 104 Å². The molecule has 0 heterocycles. The van der Waals surface area contributed by atoms with Crippen LogP contribution < -0.4 is 15.4 Å². The van der Waals surface area contributed by atoms with Crippen molar-refractivity contribution in [3.05, 3.63) is 124 Å². The van der Waals surface area contributed by atoms with Gasteiger partial charge in [-0.1, -0.05) is 71.8 Å². The molecule has 0 saturated heterocycles. The molecule has 9 heteroatoms. The van der Waals surface area contributed by atoms with Gasteiger partial charge in [-0.25, -0.2) is 8.42 Å². The number of nitrogens with one attached hydrogen (secondary N) is 3. The Balaban J connectivity index is 1.54. The van der Waals surface area contributed by atoms with Gasteiger partial charge in [-0.15, -0.1) is 0 Å². The van der Waals surface area contributed by atoms with E-state index in [0.717, 1.165) is 11.1 Å². The highest BCUT2D eigenvalue weighted by Gasteiger charge is 2.22. The van der Waals surface area contributed by atoms with Gasteiger partial charge in [0.15, 0.2) is 0 Å². The molecule has 7 nitrogen and oxygen atoms in total. The van der Waals surface area contributed by atoms with E-state index in [9.17, 15) is 18.0 Å². The molecule has 0 aromatic heterocycles. The van der Waals surface area contributed by atoms with Crippen LogP contribution in [-0.2, 0) is 10.0 Å². The van der Waals surface area contributed by atoms with Crippen LogP contribution in [0.4, 0.5) is 11.4 Å². The zero-order valence-electron chi connectivity index (χ0n) is 20.7. The standard InChI is InChI=1S/C29H26ClN3O4S/c1-19-12-15-23(16-13-19)33-38(36,37)27-18-22(14-17-25(27)30)28(34)32-26-11-7-6-10-24(26)29(35)31-20(2)21-8-4-3-5-9-21/h3-18,20,33H,1-2H3,(H,31,35)(H,32,34)/t20-/m0/s1. The van der Waals surface area contributed by atoms with Crippen molar-refractivity contribution in [2.75, 3.05) is 10.0 Å². The molecule has 0 aliphatic heterocycles. The lowest BCUT2D eigenvalue weighted by molar-refractivity contribution is 0.0940. The van der Waals surface area contributed by atoms with E-state index in [-0.39, 0.29) is 38.7 Å². The molecule has 0 spiro atoms. The third kappa shape index (κ3) is 6.40. The largest absolute Gasteiger partial charge is 0.345 e. The van der Waals surface area contributed by atoms with E-state index in [4.69, 9.17) is 11.6 Å². The van der Waals surface area contributed by atoms with Gasteiger partial charge in [-0.2, -0.15) is 0 Å². The highest BCUT2D eigenvalue weighted by molar-refractivity contribution is 7.92. The van der Waals surface area contributed by atoms with Crippen LogP contribution in [0.2, 0.25) is 5.02 Å². The Morgan fingerprint density at radius 2 is 1.47 bits per heavy atom. The number of halogens is 1. The Morgan fingerprint density at radius 3 is 2.18 bits per heavy atom. The highest BCUT2D eigenvalue weighted by Crippen LogP contribution is 2.26. The summed E-state index contributed by atoms with van der Waals surface area (Å²) >= 11 is 6.20. The summed E-state index contributed by atoms with van der Waals surface area (Å²) < 4.78 is 28.5. The summed E-state index contributed by atoms with van der Waals surface area (Å²) in [5.74, 6) is -0.955. The first-order valence-corrected chi connectivity index (χ1v) is 13.7. The molecule has 0 unspecified atom stereocenters. The van der Waals surface area contributed by atoms with E-state index < -0.39 is 15.9 Å². The molecule has 4 aromatic carbocycles. The van der Waals surface area contributed by atoms with Crippen molar-refractivity contribution in [1.82, 2.24) is 5.32 Å². The van der Waals surface area contributed by atoms with Crippen molar-refractivity contribution >= 4 is 44.8 Å². The van der Waals surface area contributed by atoms with E-state index >= 15 is 0 Å². The molecule has 38 heavy (non-hydrogen) atoms. The number of amides is 2. The van der Waals surface area contributed by atoms with Crippen molar-refractivity contribution in [2.24, 2.45) is 0 Å². The van der Waals surface area contributed by atoms with Crippen LogP contribution in [0.15, 0.2) is 102 Å². The van der Waals surface area contributed by atoms with E-state index in [1.165, 1.54) is 18.2 Å². The molecular formula is C29H26ClN3O4S. The summed E-state index contributed by atoms with van der Waals surface area (Å²) in [5, 5.41) is 5.62. The van der Waals surface area contributed by atoms with E-state index in [0.29, 0.717) is 5.69 Å². The lowest BCUT2D eigenvalue weighted by Gasteiger charge is -2.16. The normalized spacial score (nSPS) is 11.9. The fraction of sp³-hybridized carbons (Fsp3) is 0.103. The molecule has 2 amide bonds. The van der Waals surface area contributed by atoms with Gasteiger partial charge >= 0.3 is 0 Å². The second-order valence-electron chi connectivity index (χ2n) is 8.72. The maximum atomic E-state index is 13.1. The maximum Gasteiger partial charge on any atom is 0.263 e. The van der Waals surface area contributed by atoms with Crippen LogP contribution >= 0.6 is 11.6 Å². The van der Waals surface area contributed by atoms with Crippen molar-refractivity contribution in [2.45, 2.75) is 24.8 Å². The van der Waals surface area contributed by atoms with Crippen LogP contribution in [0.25, 0.3) is 0 Å². The number of sulfonamides is 1. The zero-order chi connectivity index (χ0) is 27.3. The Kier molecular flexibility index (Phi) is 8.14. The summed E-state index contributed by atoms with van der Waals surface area (Å²) in [7, 11) is -4.07. The van der Waals surface area contributed by atoms with Gasteiger partial charge in [0.1, 0.15) is 4.90 Å². The second kappa shape index (κ2) is 11.5. The first kappa shape index (κ1) is 26.9. The monoisotopic (exact) mass is 547 g/mol. The van der Waals surface area contributed by atoms with Gasteiger partial charge in [-0.3, -0.25) is 14.3 Å². The first-order valence-electron chi connectivity index (χ1n) is 11.8. The predicted octanol–water partition coefficient (Wildman–Crippen LogP) is 6.19. The van der Waals surface area contributed by atoms with Gasteiger partial charge in [0.05, 0.1) is 22.3 Å². The number of hydrogen-bond acceptors (Lipinski definition) is 4. The molecule has 1 atom stereocenters. The van der Waals surface area contributed by atoms with Crippen molar-refractivity contribution in [3.8, 4) is 0 Å². The number of anilines is 2. The molecule has 0 radical (unpaired) electrons. The molecule has 0 saturated carbocycles. The van der Waals surface area contributed by atoms with Gasteiger partial charge in [0.25, 0.3) is 21.8 Å². The molecule has 194 valence electrons. The Bertz CT molecular complexity index is 1570. The molecule has 0 aliphatic carbocycles. The molecule has 4 rings (SSSR count). The minimum absolute atomic E-state index is 0.0316. The number of carbonyl (C=O) groups is 2. The quantitative estimate of drug-likeness (QED) is 0.244. The number of rotatable bonds is 8. The molecule has 3 N–H and O–H groups in total. The second-order valence-corrected chi connectivity index (χ2v) is 10.8. The number of para-hydroxylation sites is 1. The third-order valence-corrected chi connectivity index (χ3v) is 7.72. The molecule has 0 fully saturated rings. The Hall–Kier alpha value is -4.14. The van der Waals surface area contributed by atoms with Gasteiger partial charge in [0.2, 0.25) is 0 Å². The van der Waals surface area contributed by atoms with Crippen LogP contribution in [0, 0.1) is 6.92 Å². The number of hydrogen-bond donors (Lipinski definition) is 3. The maximum absolute atomic E-state index is 13.1. The van der Waals surface area contributed by atoms with Crippen LogP contribution in [0.1, 0.15) is 44.8 Å². The average molecular weight is 548 g/mol. The van der Waals surface area contributed by atoms with Crippen molar-refractivity contribution < 1.29 is 18.0 Å². The number of carbonyl (C=O) groups excluding carboxylic acids is 2. The minimum Gasteiger partial charge on any atom is -0.345 e. The Labute approximate surface area is 226 Å². The van der Waals surface area contributed by atoms with Crippen LogP contribution in [0.3, 0.4) is 0 Å². The van der Waals surface area contributed by atoms with Gasteiger partial charge in [-0.05, 0) is 61.9 Å². The zero-order valence-corrected chi connectivity index (χ0v) is 22.3. The fourth-order valence-corrected chi connectivity index (χ4v) is 5.35. The van der Waals surface area contributed by atoms with Crippen molar-refractivity contribution in [1.29, 1.82) is 0 Å². The molecule has 4 aromatic rings. The predicted molar refractivity (Wildman–Crippen MR) is 150 cm³/mol. The SMILES string of the molecule is Cc1ccc(NS(=O)(=O)c2cc(C(=O)Nc3ccccc3C(=O)N[C@@H](C)c3ccccc3)ccc2Cl)cc1. The van der Waals surface area contributed by atoms with E-state index in [2.05, 4.69) is 15.4 Å². The fourth-order valence-electron chi connectivity index (χ4n) is 3.77. The average Bonchev–Trinajstić information content (AvgIpc) is 2.90. The lowest BCUT2D eigenvalue weighted by atomic mass is 10.1. The highest BCUT2D eigenvalue weighted by atomic mass is 35.5. The van der Waals surface area contributed by atoms with Gasteiger partial charge < -0.3 is 10.6 Å². The van der Waals surface area contributed by atoms with Crippen LogP contribution in [0.5, 0.6) is 0 Å². The summed E-state index contributed by atoms with van der Waals surface area (Å²) in [6.45, 7) is 3.76. The van der Waals surface area contributed by atoms with Crippen LogP contribution in [-0.4, -0.2) is 20.2 Å². The summed E-state index contributed by atoms with van der Waals surface area (Å²) in [6.07, 6.45) is 0. The van der Waals surface area contributed by atoms with Gasteiger partial charge in [0, 0.05) is 11.3 Å². The third-order valence-electron chi connectivity index (χ3n) is 5.85. The summed E-state index contributed by atoms with van der Waals surface area (Å²) in [5.41, 5.74) is 2.90. The minimum atomic E-state index is -4.07. The lowest BCUT2D eigenvalue weighted by Crippen LogP contribution is -2.28.